The highest BCUT2D eigenvalue weighted by Crippen LogP contribution is 2.16. The van der Waals surface area contributed by atoms with Gasteiger partial charge in [0, 0.05) is 12.5 Å². The van der Waals surface area contributed by atoms with Crippen LogP contribution in [0, 0.1) is 0 Å². The van der Waals surface area contributed by atoms with Crippen molar-refractivity contribution in [3.8, 4) is 0 Å². The minimum absolute atomic E-state index is 0.237. The van der Waals surface area contributed by atoms with Crippen molar-refractivity contribution in [3.63, 3.8) is 0 Å². The van der Waals surface area contributed by atoms with Crippen molar-refractivity contribution in [2.24, 2.45) is 0 Å². The van der Waals surface area contributed by atoms with Crippen LogP contribution in [-0.2, 0) is 33.4 Å². The molecule has 0 saturated heterocycles. The first-order valence-electron chi connectivity index (χ1n) is 9.12. The first kappa shape index (κ1) is 24.6. The average Bonchev–Trinajstić information content (AvgIpc) is 2.68. The van der Waals surface area contributed by atoms with E-state index in [2.05, 4.69) is 21.1 Å². The molecule has 27 heavy (non-hydrogen) atoms. The third-order valence-corrected chi connectivity index (χ3v) is 3.90. The molecule has 0 atom stereocenters. The van der Waals surface area contributed by atoms with Crippen molar-refractivity contribution in [1.29, 1.82) is 0 Å². The summed E-state index contributed by atoms with van der Waals surface area (Å²) in [6, 6.07) is 0. The SMILES string of the molecule is CCCCCCCCCC(=O)/C=C(C(=O)OC)/C(=C/C(=O)OC)C(=O)OC. The molecule has 0 amide bonds. The number of allylic oxidation sites excluding steroid dienone is 1. The quantitative estimate of drug-likeness (QED) is 0.159. The summed E-state index contributed by atoms with van der Waals surface area (Å²) in [7, 11) is 3.34. The molecule has 0 aromatic heterocycles. The van der Waals surface area contributed by atoms with Crippen LogP contribution in [0.4, 0.5) is 0 Å². The molecule has 0 unspecified atom stereocenters. The first-order valence-corrected chi connectivity index (χ1v) is 9.12. The molecule has 0 heterocycles. The van der Waals surface area contributed by atoms with E-state index < -0.39 is 17.9 Å². The van der Waals surface area contributed by atoms with Gasteiger partial charge >= 0.3 is 17.9 Å². The number of rotatable bonds is 13. The molecule has 0 rings (SSSR count). The maximum Gasteiger partial charge on any atom is 0.339 e. The number of carbonyl (C=O) groups excluding carboxylic acids is 4. The number of methoxy groups -OCH3 is 3. The summed E-state index contributed by atoms with van der Waals surface area (Å²) in [6.07, 6.45) is 9.44. The fourth-order valence-corrected chi connectivity index (χ4v) is 2.38. The van der Waals surface area contributed by atoms with Gasteiger partial charge in [-0.1, -0.05) is 45.4 Å². The molecule has 0 saturated carbocycles. The topological polar surface area (TPSA) is 96.0 Å². The Kier molecular flexibility index (Phi) is 13.4. The molecule has 0 aromatic rings. The normalized spacial score (nSPS) is 11.7. The minimum atomic E-state index is -0.944. The zero-order valence-corrected chi connectivity index (χ0v) is 16.7. The maximum absolute atomic E-state index is 12.2. The standard InChI is InChI=1S/C20H30O7/c1-5-6-7-8-9-10-11-12-15(21)13-16(19(23)26-3)17(20(24)27-4)14-18(22)25-2/h13-14H,5-12H2,1-4H3/b16-13-,17-14-. The van der Waals surface area contributed by atoms with Gasteiger partial charge in [0.1, 0.15) is 0 Å². The van der Waals surface area contributed by atoms with E-state index >= 15 is 0 Å². The summed E-state index contributed by atoms with van der Waals surface area (Å²) >= 11 is 0. The van der Waals surface area contributed by atoms with Crippen LogP contribution in [0.25, 0.3) is 0 Å². The molecule has 0 aliphatic heterocycles. The maximum atomic E-state index is 12.2. The predicted octanol–water partition coefficient (Wildman–Crippen LogP) is 3.07. The fourth-order valence-electron chi connectivity index (χ4n) is 2.38. The van der Waals surface area contributed by atoms with E-state index in [1.165, 1.54) is 19.3 Å². The molecule has 0 N–H and O–H groups in total. The highest BCUT2D eigenvalue weighted by Gasteiger charge is 2.24. The monoisotopic (exact) mass is 382 g/mol. The van der Waals surface area contributed by atoms with E-state index in [0.29, 0.717) is 6.42 Å². The van der Waals surface area contributed by atoms with Gasteiger partial charge in [-0.25, -0.2) is 14.4 Å². The van der Waals surface area contributed by atoms with Crippen LogP contribution in [0.3, 0.4) is 0 Å². The molecular formula is C20H30O7. The van der Waals surface area contributed by atoms with Gasteiger partial charge < -0.3 is 14.2 Å². The van der Waals surface area contributed by atoms with Gasteiger partial charge in [-0.2, -0.15) is 0 Å². The predicted molar refractivity (Wildman–Crippen MR) is 99.8 cm³/mol. The summed E-state index contributed by atoms with van der Waals surface area (Å²) < 4.78 is 13.7. The van der Waals surface area contributed by atoms with Crippen LogP contribution in [0.1, 0.15) is 58.3 Å². The van der Waals surface area contributed by atoms with Crippen molar-refractivity contribution in [3.05, 3.63) is 23.3 Å². The third kappa shape index (κ3) is 10.3. The third-order valence-electron chi connectivity index (χ3n) is 3.90. The number of ketones is 1. The summed E-state index contributed by atoms with van der Waals surface area (Å²) in [5.74, 6) is -3.04. The minimum Gasteiger partial charge on any atom is -0.466 e. The molecule has 0 spiro atoms. The van der Waals surface area contributed by atoms with Gasteiger partial charge in [-0.05, 0) is 12.5 Å². The lowest BCUT2D eigenvalue weighted by molar-refractivity contribution is -0.140. The molecular weight excluding hydrogens is 352 g/mol. The highest BCUT2D eigenvalue weighted by molar-refractivity contribution is 6.13. The van der Waals surface area contributed by atoms with E-state index in [-0.39, 0.29) is 23.4 Å². The lowest BCUT2D eigenvalue weighted by Gasteiger charge is -2.08. The Morgan fingerprint density at radius 1 is 0.667 bits per heavy atom. The molecule has 7 heteroatoms. The number of unbranched alkanes of at least 4 members (excludes halogenated alkanes) is 6. The summed E-state index contributed by atoms with van der Waals surface area (Å²) in [4.78, 5) is 47.6. The second-order valence-electron chi connectivity index (χ2n) is 5.96. The van der Waals surface area contributed by atoms with E-state index in [9.17, 15) is 19.2 Å². The number of esters is 3. The first-order chi connectivity index (χ1) is 12.9. The molecule has 0 aromatic carbocycles. The Hall–Kier alpha value is -2.44. The van der Waals surface area contributed by atoms with Crippen LogP contribution in [0.15, 0.2) is 23.3 Å². The summed E-state index contributed by atoms with van der Waals surface area (Å²) in [5, 5.41) is 0. The van der Waals surface area contributed by atoms with Crippen LogP contribution in [0.5, 0.6) is 0 Å². The lowest BCUT2D eigenvalue weighted by Crippen LogP contribution is -2.18. The van der Waals surface area contributed by atoms with Crippen molar-refractivity contribution >= 4 is 23.7 Å². The van der Waals surface area contributed by atoms with Gasteiger partial charge in [-0.3, -0.25) is 4.79 Å². The Balaban J connectivity index is 5.11. The summed E-state index contributed by atoms with van der Waals surface area (Å²) in [6.45, 7) is 2.15. The average molecular weight is 382 g/mol. The molecule has 152 valence electrons. The van der Waals surface area contributed by atoms with Gasteiger partial charge in [-0.15, -0.1) is 0 Å². The molecule has 0 aliphatic rings. The van der Waals surface area contributed by atoms with Gasteiger partial charge in [0.05, 0.1) is 32.5 Å². The van der Waals surface area contributed by atoms with E-state index in [1.54, 1.807) is 0 Å². The summed E-state index contributed by atoms with van der Waals surface area (Å²) in [5.41, 5.74) is -0.716. The van der Waals surface area contributed by atoms with Gasteiger partial charge in [0.25, 0.3) is 0 Å². The highest BCUT2D eigenvalue weighted by atomic mass is 16.5. The van der Waals surface area contributed by atoms with Gasteiger partial charge in [0.15, 0.2) is 5.78 Å². The number of carbonyl (C=O) groups is 4. The van der Waals surface area contributed by atoms with Crippen molar-refractivity contribution in [2.75, 3.05) is 21.3 Å². The number of hydrogen-bond donors (Lipinski definition) is 0. The molecule has 0 aliphatic carbocycles. The Bertz CT molecular complexity index is 573. The second kappa shape index (κ2) is 14.7. The number of hydrogen-bond acceptors (Lipinski definition) is 7. The zero-order valence-electron chi connectivity index (χ0n) is 16.7. The van der Waals surface area contributed by atoms with Crippen molar-refractivity contribution in [1.82, 2.24) is 0 Å². The molecule has 0 bridgehead atoms. The second-order valence-corrected chi connectivity index (χ2v) is 5.96. The lowest BCUT2D eigenvalue weighted by atomic mass is 10.0. The van der Waals surface area contributed by atoms with E-state index in [1.807, 2.05) is 0 Å². The Morgan fingerprint density at radius 2 is 1.15 bits per heavy atom. The zero-order chi connectivity index (χ0) is 20.7. The van der Waals surface area contributed by atoms with Crippen LogP contribution in [0.2, 0.25) is 0 Å². The van der Waals surface area contributed by atoms with E-state index in [4.69, 9.17) is 0 Å². The molecule has 7 nitrogen and oxygen atoms in total. The number of ether oxygens (including phenoxy) is 3. The molecule has 0 fully saturated rings. The fraction of sp³-hybridized carbons (Fsp3) is 0.600. The van der Waals surface area contributed by atoms with Crippen molar-refractivity contribution in [2.45, 2.75) is 58.3 Å². The van der Waals surface area contributed by atoms with Gasteiger partial charge in [0.2, 0.25) is 0 Å². The Labute approximate surface area is 160 Å². The molecule has 0 radical (unpaired) electrons. The van der Waals surface area contributed by atoms with Crippen LogP contribution < -0.4 is 0 Å². The van der Waals surface area contributed by atoms with Crippen LogP contribution in [-0.4, -0.2) is 45.0 Å². The van der Waals surface area contributed by atoms with Crippen molar-refractivity contribution < 1.29 is 33.4 Å². The Morgan fingerprint density at radius 3 is 1.63 bits per heavy atom. The van der Waals surface area contributed by atoms with Crippen LogP contribution >= 0.6 is 0 Å². The van der Waals surface area contributed by atoms with E-state index in [0.717, 1.165) is 52.7 Å². The largest absolute Gasteiger partial charge is 0.466 e. The smallest absolute Gasteiger partial charge is 0.339 e.